The molecule has 0 aliphatic heterocycles. The Bertz CT molecular complexity index is 765. The van der Waals surface area contributed by atoms with Gasteiger partial charge in [-0.25, -0.2) is 8.42 Å². The molecule has 0 fully saturated rings. The summed E-state index contributed by atoms with van der Waals surface area (Å²) in [6.07, 6.45) is 1.11. The lowest BCUT2D eigenvalue weighted by atomic mass is 10.1. The second-order valence-electron chi connectivity index (χ2n) is 5.14. The van der Waals surface area contributed by atoms with E-state index in [1.54, 1.807) is 48.5 Å². The Labute approximate surface area is 131 Å². The van der Waals surface area contributed by atoms with Crippen LogP contribution >= 0.6 is 0 Å². The van der Waals surface area contributed by atoms with E-state index in [0.717, 1.165) is 12.0 Å². The van der Waals surface area contributed by atoms with E-state index in [2.05, 4.69) is 4.72 Å². The van der Waals surface area contributed by atoms with E-state index in [1.807, 2.05) is 13.8 Å². The number of nitrogens with one attached hydrogen (secondary N) is 1. The molecule has 0 aliphatic carbocycles. The number of para-hydroxylation sites is 1. The first-order chi connectivity index (χ1) is 10.4. The molecule has 0 atom stereocenters. The van der Waals surface area contributed by atoms with E-state index in [9.17, 15) is 13.2 Å². The van der Waals surface area contributed by atoms with Crippen LogP contribution < -0.4 is 4.72 Å². The van der Waals surface area contributed by atoms with Crippen LogP contribution in [0.2, 0.25) is 0 Å². The number of carbonyl (C=O) groups excluding carboxylic acids is 1. The summed E-state index contributed by atoms with van der Waals surface area (Å²) in [5.41, 5.74) is 1.71. The van der Waals surface area contributed by atoms with Crippen LogP contribution in [0.4, 0.5) is 5.69 Å². The van der Waals surface area contributed by atoms with Crippen LogP contribution in [0, 0.1) is 6.92 Å². The molecule has 2 rings (SSSR count). The Morgan fingerprint density at radius 2 is 1.68 bits per heavy atom. The van der Waals surface area contributed by atoms with Gasteiger partial charge in [-0.1, -0.05) is 36.8 Å². The number of Topliss-reactive ketones (excluding diaryl/α,β-unsaturated/α-hetero) is 1. The zero-order valence-electron chi connectivity index (χ0n) is 12.7. The molecule has 116 valence electrons. The van der Waals surface area contributed by atoms with Gasteiger partial charge in [-0.3, -0.25) is 9.52 Å². The summed E-state index contributed by atoms with van der Waals surface area (Å²) in [7, 11) is -3.70. The van der Waals surface area contributed by atoms with Crippen molar-refractivity contribution in [1.29, 1.82) is 0 Å². The van der Waals surface area contributed by atoms with E-state index in [4.69, 9.17) is 0 Å². The molecule has 22 heavy (non-hydrogen) atoms. The molecule has 0 bridgehead atoms. The van der Waals surface area contributed by atoms with Crippen LogP contribution in [0.15, 0.2) is 53.4 Å². The van der Waals surface area contributed by atoms with Crippen LogP contribution in [0.1, 0.15) is 35.7 Å². The summed E-state index contributed by atoms with van der Waals surface area (Å²) in [5, 5.41) is 0. The molecule has 4 nitrogen and oxygen atoms in total. The van der Waals surface area contributed by atoms with Gasteiger partial charge in [-0.15, -0.1) is 0 Å². The number of hydrogen-bond donors (Lipinski definition) is 1. The summed E-state index contributed by atoms with van der Waals surface area (Å²) < 4.78 is 27.4. The number of ketones is 1. The number of benzene rings is 2. The lowest BCUT2D eigenvalue weighted by Gasteiger charge is -2.12. The predicted octanol–water partition coefficient (Wildman–Crippen LogP) is 3.78. The van der Waals surface area contributed by atoms with Crippen LogP contribution in [0.5, 0.6) is 0 Å². The number of anilines is 1. The van der Waals surface area contributed by atoms with Gasteiger partial charge in [0, 0.05) is 12.0 Å². The largest absolute Gasteiger partial charge is 0.294 e. The summed E-state index contributed by atoms with van der Waals surface area (Å²) >= 11 is 0. The number of aryl methyl sites for hydroxylation is 1. The number of carbonyl (C=O) groups is 1. The van der Waals surface area contributed by atoms with Gasteiger partial charge in [0.2, 0.25) is 0 Å². The summed E-state index contributed by atoms with van der Waals surface area (Å²) in [5.74, 6) is -0.0651. The molecular weight excluding hydrogens is 298 g/mol. The van der Waals surface area contributed by atoms with E-state index in [0.29, 0.717) is 17.7 Å². The fourth-order valence-corrected chi connectivity index (χ4v) is 3.18. The zero-order chi connectivity index (χ0) is 16.2. The minimum atomic E-state index is -3.70. The Morgan fingerprint density at radius 1 is 1.05 bits per heavy atom. The zero-order valence-corrected chi connectivity index (χ0v) is 13.5. The Kier molecular flexibility index (Phi) is 4.98. The molecule has 0 aliphatic rings. The van der Waals surface area contributed by atoms with Gasteiger partial charge < -0.3 is 0 Å². The first-order valence-electron chi connectivity index (χ1n) is 7.16. The van der Waals surface area contributed by atoms with Crippen molar-refractivity contribution in [2.45, 2.75) is 31.6 Å². The minimum Gasteiger partial charge on any atom is -0.294 e. The third-order valence-corrected chi connectivity index (χ3v) is 4.66. The molecular formula is C17H19NO3S. The van der Waals surface area contributed by atoms with Crippen molar-refractivity contribution in [3.8, 4) is 0 Å². The van der Waals surface area contributed by atoms with Crippen molar-refractivity contribution < 1.29 is 13.2 Å². The second kappa shape index (κ2) is 6.75. The van der Waals surface area contributed by atoms with E-state index < -0.39 is 10.0 Å². The molecule has 0 unspecified atom stereocenters. The third-order valence-electron chi connectivity index (χ3n) is 3.28. The maximum absolute atomic E-state index is 12.4. The van der Waals surface area contributed by atoms with Crippen molar-refractivity contribution in [3.63, 3.8) is 0 Å². The molecule has 0 radical (unpaired) electrons. The van der Waals surface area contributed by atoms with E-state index >= 15 is 0 Å². The molecule has 5 heteroatoms. The monoisotopic (exact) mass is 317 g/mol. The van der Waals surface area contributed by atoms with Gasteiger partial charge in [0.1, 0.15) is 0 Å². The molecule has 2 aromatic carbocycles. The van der Waals surface area contributed by atoms with Gasteiger partial charge in [-0.2, -0.15) is 0 Å². The highest BCUT2D eigenvalue weighted by Gasteiger charge is 2.17. The summed E-state index contributed by atoms with van der Waals surface area (Å²) in [6, 6.07) is 13.3. The predicted molar refractivity (Wildman–Crippen MR) is 87.7 cm³/mol. The molecule has 0 amide bonds. The van der Waals surface area contributed by atoms with Gasteiger partial charge >= 0.3 is 0 Å². The van der Waals surface area contributed by atoms with E-state index in [-0.39, 0.29) is 10.7 Å². The van der Waals surface area contributed by atoms with Crippen LogP contribution in [0.3, 0.4) is 0 Å². The smallest absolute Gasteiger partial charge is 0.261 e. The van der Waals surface area contributed by atoms with Crippen molar-refractivity contribution in [2.75, 3.05) is 4.72 Å². The standard InChI is InChI=1S/C17H19NO3S/c1-3-6-17(19)15-7-4-5-8-16(15)18-22(20,21)14-11-9-13(2)10-12-14/h4-5,7-12,18H,3,6H2,1-2H3. The van der Waals surface area contributed by atoms with Crippen LogP contribution in [-0.2, 0) is 10.0 Å². The molecule has 0 saturated carbocycles. The van der Waals surface area contributed by atoms with Gasteiger partial charge in [-0.05, 0) is 37.6 Å². The fourth-order valence-electron chi connectivity index (χ4n) is 2.10. The van der Waals surface area contributed by atoms with Crippen LogP contribution in [-0.4, -0.2) is 14.2 Å². The number of sulfonamides is 1. The topological polar surface area (TPSA) is 63.2 Å². The number of rotatable bonds is 6. The first-order valence-corrected chi connectivity index (χ1v) is 8.64. The molecule has 1 N–H and O–H groups in total. The van der Waals surface area contributed by atoms with Gasteiger partial charge in [0.05, 0.1) is 10.6 Å². The van der Waals surface area contributed by atoms with Crippen molar-refractivity contribution >= 4 is 21.5 Å². The Hall–Kier alpha value is -2.14. The molecule has 0 saturated heterocycles. The van der Waals surface area contributed by atoms with Gasteiger partial charge in [0.15, 0.2) is 5.78 Å². The Balaban J connectivity index is 2.34. The average molecular weight is 317 g/mol. The van der Waals surface area contributed by atoms with Gasteiger partial charge in [0.25, 0.3) is 10.0 Å². The maximum Gasteiger partial charge on any atom is 0.261 e. The molecule has 0 spiro atoms. The maximum atomic E-state index is 12.4. The summed E-state index contributed by atoms with van der Waals surface area (Å²) in [6.45, 7) is 3.81. The van der Waals surface area contributed by atoms with Crippen molar-refractivity contribution in [1.82, 2.24) is 0 Å². The SMILES string of the molecule is CCCC(=O)c1ccccc1NS(=O)(=O)c1ccc(C)cc1. The molecule has 2 aromatic rings. The lowest BCUT2D eigenvalue weighted by molar-refractivity contribution is 0.0982. The Morgan fingerprint density at radius 3 is 2.32 bits per heavy atom. The second-order valence-corrected chi connectivity index (χ2v) is 6.82. The quantitative estimate of drug-likeness (QED) is 0.825. The fraction of sp³-hybridized carbons (Fsp3) is 0.235. The normalized spacial score (nSPS) is 11.2. The van der Waals surface area contributed by atoms with Crippen molar-refractivity contribution in [2.24, 2.45) is 0 Å². The number of hydrogen-bond acceptors (Lipinski definition) is 3. The minimum absolute atomic E-state index is 0.0651. The molecule has 0 aromatic heterocycles. The molecule has 0 heterocycles. The highest BCUT2D eigenvalue weighted by Crippen LogP contribution is 2.22. The third kappa shape index (κ3) is 3.74. The highest BCUT2D eigenvalue weighted by atomic mass is 32.2. The van der Waals surface area contributed by atoms with E-state index in [1.165, 1.54) is 0 Å². The van der Waals surface area contributed by atoms with Crippen molar-refractivity contribution in [3.05, 3.63) is 59.7 Å². The first kappa shape index (κ1) is 16.2. The lowest BCUT2D eigenvalue weighted by Crippen LogP contribution is -2.15. The summed E-state index contributed by atoms with van der Waals surface area (Å²) in [4.78, 5) is 12.3. The van der Waals surface area contributed by atoms with Crippen LogP contribution in [0.25, 0.3) is 0 Å². The highest BCUT2D eigenvalue weighted by molar-refractivity contribution is 7.92. The average Bonchev–Trinajstić information content (AvgIpc) is 2.48.